The molecule has 4 rings (SSSR count). The van der Waals surface area contributed by atoms with Crippen LogP contribution in [0.1, 0.15) is 29.5 Å². The van der Waals surface area contributed by atoms with Crippen molar-refractivity contribution in [3.63, 3.8) is 0 Å². The second-order valence-corrected chi connectivity index (χ2v) is 7.71. The second-order valence-electron chi connectivity index (χ2n) is 7.71. The zero-order chi connectivity index (χ0) is 18.3. The number of piperidine rings is 1. The van der Waals surface area contributed by atoms with Gasteiger partial charge in [0.05, 0.1) is 12.2 Å². The van der Waals surface area contributed by atoms with Crippen LogP contribution in [0.3, 0.4) is 0 Å². The molecule has 0 saturated carbocycles. The Morgan fingerprint density at radius 1 is 1.23 bits per heavy atom. The Morgan fingerprint density at radius 3 is 2.62 bits per heavy atom. The third-order valence-electron chi connectivity index (χ3n) is 5.63. The molecule has 2 aliphatic rings. The Bertz CT molecular complexity index is 807. The molecule has 0 aliphatic carbocycles. The fourth-order valence-corrected chi connectivity index (χ4v) is 4.19. The molecular weight excluding hydrogens is 328 g/mol. The van der Waals surface area contributed by atoms with Crippen molar-refractivity contribution in [1.29, 1.82) is 0 Å². The van der Waals surface area contributed by atoms with Crippen LogP contribution in [0.5, 0.6) is 0 Å². The number of hydrogen-bond acceptors (Lipinski definition) is 4. The highest BCUT2D eigenvalue weighted by Crippen LogP contribution is 2.33. The number of amides is 1. The molecule has 1 spiro atoms. The predicted molar refractivity (Wildman–Crippen MR) is 99.4 cm³/mol. The lowest BCUT2D eigenvalue weighted by molar-refractivity contribution is -0.00122. The van der Waals surface area contributed by atoms with E-state index in [1.165, 1.54) is 16.7 Å². The molecular formula is C20H26N4O2. The van der Waals surface area contributed by atoms with Gasteiger partial charge in [-0.3, -0.25) is 4.90 Å². The molecule has 6 heteroatoms. The van der Waals surface area contributed by atoms with E-state index in [0.29, 0.717) is 6.54 Å². The highest BCUT2D eigenvalue weighted by atomic mass is 16.6. The minimum absolute atomic E-state index is 0.186. The van der Waals surface area contributed by atoms with Crippen LogP contribution in [0.2, 0.25) is 0 Å². The maximum absolute atomic E-state index is 11.8. The lowest BCUT2D eigenvalue weighted by Gasteiger charge is -2.37. The van der Waals surface area contributed by atoms with Gasteiger partial charge in [-0.25, -0.2) is 9.48 Å². The molecule has 1 aromatic carbocycles. The van der Waals surface area contributed by atoms with Crippen molar-refractivity contribution in [3.05, 3.63) is 47.3 Å². The number of ether oxygens (including phenoxy) is 1. The van der Waals surface area contributed by atoms with Gasteiger partial charge in [-0.2, -0.15) is 5.10 Å². The van der Waals surface area contributed by atoms with Crippen molar-refractivity contribution in [2.75, 3.05) is 26.7 Å². The van der Waals surface area contributed by atoms with Gasteiger partial charge in [-0.05, 0) is 42.7 Å². The zero-order valence-corrected chi connectivity index (χ0v) is 15.7. The topological polar surface area (TPSA) is 50.6 Å². The van der Waals surface area contributed by atoms with Crippen LogP contribution in [0.15, 0.2) is 30.6 Å². The molecule has 2 saturated heterocycles. The van der Waals surface area contributed by atoms with Crippen molar-refractivity contribution in [3.8, 4) is 5.69 Å². The van der Waals surface area contributed by atoms with E-state index in [4.69, 9.17) is 4.74 Å². The van der Waals surface area contributed by atoms with Crippen molar-refractivity contribution in [1.82, 2.24) is 19.6 Å². The summed E-state index contributed by atoms with van der Waals surface area (Å²) in [6.45, 7) is 7.77. The standard InChI is InChI=1S/C20H26N4O2/c1-15-11-16(2)17(18(12-15)24-8-4-7-21-24)13-23-9-5-20(6-10-23)14-22(3)19(25)26-20/h4,7-8,11-12H,5-6,9-10,13-14H2,1-3H3. The van der Waals surface area contributed by atoms with Crippen LogP contribution in [0.4, 0.5) is 4.79 Å². The molecule has 0 bridgehead atoms. The Labute approximate surface area is 154 Å². The quantitative estimate of drug-likeness (QED) is 0.850. The SMILES string of the molecule is Cc1cc(C)c(CN2CCC3(CC2)CN(C)C(=O)O3)c(-n2cccn2)c1. The van der Waals surface area contributed by atoms with E-state index < -0.39 is 0 Å². The van der Waals surface area contributed by atoms with E-state index >= 15 is 0 Å². The highest BCUT2D eigenvalue weighted by Gasteiger charge is 2.45. The van der Waals surface area contributed by atoms with Crippen molar-refractivity contribution < 1.29 is 9.53 Å². The number of carbonyl (C=O) groups is 1. The molecule has 2 aliphatic heterocycles. The fraction of sp³-hybridized carbons (Fsp3) is 0.500. The minimum Gasteiger partial charge on any atom is -0.441 e. The minimum atomic E-state index is -0.282. The Hall–Kier alpha value is -2.34. The lowest BCUT2D eigenvalue weighted by atomic mass is 9.91. The monoisotopic (exact) mass is 354 g/mol. The van der Waals surface area contributed by atoms with Gasteiger partial charge in [0.1, 0.15) is 5.60 Å². The number of likely N-dealkylation sites (tertiary alicyclic amines) is 1. The van der Waals surface area contributed by atoms with Gasteiger partial charge >= 0.3 is 6.09 Å². The molecule has 2 fully saturated rings. The van der Waals surface area contributed by atoms with Crippen molar-refractivity contribution in [2.24, 2.45) is 0 Å². The normalized spacial score (nSPS) is 20.0. The first-order valence-electron chi connectivity index (χ1n) is 9.22. The van der Waals surface area contributed by atoms with E-state index in [2.05, 4.69) is 36.0 Å². The van der Waals surface area contributed by atoms with Crippen LogP contribution in [-0.4, -0.2) is 58.0 Å². The summed E-state index contributed by atoms with van der Waals surface area (Å²) in [5.74, 6) is 0. The Balaban J connectivity index is 1.52. The molecule has 3 heterocycles. The van der Waals surface area contributed by atoms with E-state index in [9.17, 15) is 4.79 Å². The molecule has 1 amide bonds. The zero-order valence-electron chi connectivity index (χ0n) is 15.7. The molecule has 0 N–H and O–H groups in total. The molecule has 2 aromatic rings. The van der Waals surface area contributed by atoms with Crippen molar-refractivity contribution in [2.45, 2.75) is 38.8 Å². The predicted octanol–water partition coefficient (Wildman–Crippen LogP) is 2.91. The lowest BCUT2D eigenvalue weighted by Crippen LogP contribution is -2.46. The van der Waals surface area contributed by atoms with Gasteiger partial charge in [-0.1, -0.05) is 6.07 Å². The average molecular weight is 354 g/mol. The number of nitrogens with zero attached hydrogens (tertiary/aromatic N) is 4. The van der Waals surface area contributed by atoms with Crippen LogP contribution in [0, 0.1) is 13.8 Å². The molecule has 26 heavy (non-hydrogen) atoms. The van der Waals surface area contributed by atoms with Crippen LogP contribution < -0.4 is 0 Å². The Morgan fingerprint density at radius 2 is 2.00 bits per heavy atom. The van der Waals surface area contributed by atoms with Gasteiger partial charge in [-0.15, -0.1) is 0 Å². The van der Waals surface area contributed by atoms with Gasteiger partial charge in [0, 0.05) is 51.9 Å². The smallest absolute Gasteiger partial charge is 0.410 e. The number of benzene rings is 1. The third-order valence-corrected chi connectivity index (χ3v) is 5.63. The maximum atomic E-state index is 11.8. The molecule has 0 unspecified atom stereocenters. The average Bonchev–Trinajstić information content (AvgIpc) is 3.21. The third kappa shape index (κ3) is 3.09. The summed E-state index contributed by atoms with van der Waals surface area (Å²) in [6, 6.07) is 6.40. The maximum Gasteiger partial charge on any atom is 0.410 e. The highest BCUT2D eigenvalue weighted by molar-refractivity contribution is 5.70. The summed E-state index contributed by atoms with van der Waals surface area (Å²) in [5.41, 5.74) is 4.73. The first-order chi connectivity index (χ1) is 12.5. The number of aromatic nitrogens is 2. The molecule has 6 nitrogen and oxygen atoms in total. The molecule has 138 valence electrons. The first kappa shape index (κ1) is 17.1. The summed E-state index contributed by atoms with van der Waals surface area (Å²) in [4.78, 5) is 15.9. The number of rotatable bonds is 3. The van der Waals surface area contributed by atoms with E-state index in [1.54, 1.807) is 4.90 Å². The summed E-state index contributed by atoms with van der Waals surface area (Å²) >= 11 is 0. The van der Waals surface area contributed by atoms with E-state index in [-0.39, 0.29) is 11.7 Å². The van der Waals surface area contributed by atoms with Crippen LogP contribution in [0.25, 0.3) is 5.69 Å². The summed E-state index contributed by atoms with van der Waals surface area (Å²) in [5, 5.41) is 4.43. The summed E-state index contributed by atoms with van der Waals surface area (Å²) in [7, 11) is 1.81. The summed E-state index contributed by atoms with van der Waals surface area (Å²) in [6.07, 6.45) is 5.41. The number of aryl methyl sites for hydroxylation is 2. The van der Waals surface area contributed by atoms with Crippen molar-refractivity contribution >= 4 is 6.09 Å². The van der Waals surface area contributed by atoms with E-state index in [1.807, 2.05) is 30.2 Å². The van der Waals surface area contributed by atoms with Gasteiger partial charge in [0.15, 0.2) is 0 Å². The fourth-order valence-electron chi connectivity index (χ4n) is 4.19. The van der Waals surface area contributed by atoms with Gasteiger partial charge in [0.25, 0.3) is 0 Å². The first-order valence-corrected chi connectivity index (χ1v) is 9.22. The van der Waals surface area contributed by atoms with Gasteiger partial charge in [0.2, 0.25) is 0 Å². The molecule has 0 atom stereocenters. The van der Waals surface area contributed by atoms with Crippen LogP contribution >= 0.6 is 0 Å². The molecule has 0 radical (unpaired) electrons. The van der Waals surface area contributed by atoms with Gasteiger partial charge < -0.3 is 9.64 Å². The number of hydrogen-bond donors (Lipinski definition) is 0. The largest absolute Gasteiger partial charge is 0.441 e. The number of likely N-dealkylation sites (N-methyl/N-ethyl adjacent to an activating group) is 1. The summed E-state index contributed by atoms with van der Waals surface area (Å²) < 4.78 is 7.62. The molecule has 1 aromatic heterocycles. The van der Waals surface area contributed by atoms with E-state index in [0.717, 1.165) is 38.2 Å². The Kier molecular flexibility index (Phi) is 4.23. The second kappa shape index (κ2) is 6.43. The number of carbonyl (C=O) groups excluding carboxylic acids is 1. The van der Waals surface area contributed by atoms with Crippen LogP contribution in [-0.2, 0) is 11.3 Å².